The van der Waals surface area contributed by atoms with Gasteiger partial charge in [0.05, 0.1) is 85.3 Å². The quantitative estimate of drug-likeness (QED) is 0.0330. The molecule has 1 atom stereocenters. The number of aryl methyl sites for hydroxylation is 1. The lowest BCUT2D eigenvalue weighted by Crippen LogP contribution is -2.44. The Labute approximate surface area is 331 Å². The molecule has 57 heavy (non-hydrogen) atoms. The zero-order chi connectivity index (χ0) is 40.9. The van der Waals surface area contributed by atoms with Crippen molar-refractivity contribution in [2.24, 2.45) is 5.73 Å². The Morgan fingerprint density at radius 2 is 1.33 bits per heavy atom. The van der Waals surface area contributed by atoms with E-state index in [1.54, 1.807) is 0 Å². The molecule has 0 radical (unpaired) electrons. The molecule has 316 valence electrons. The van der Waals surface area contributed by atoms with E-state index < -0.39 is 28.7 Å². The van der Waals surface area contributed by atoms with Gasteiger partial charge in [-0.05, 0) is 49.8 Å². The predicted octanol–water partition coefficient (Wildman–Crippen LogP) is 2.17. The maximum absolute atomic E-state index is 12.2. The van der Waals surface area contributed by atoms with Crippen molar-refractivity contribution in [1.29, 1.82) is 0 Å². The summed E-state index contributed by atoms with van der Waals surface area (Å²) in [6.45, 7) is 5.18. The fourth-order valence-electron chi connectivity index (χ4n) is 5.36. The second-order valence-corrected chi connectivity index (χ2v) is 12.7. The van der Waals surface area contributed by atoms with Gasteiger partial charge in [0.15, 0.2) is 5.76 Å². The number of furan rings is 1. The molecular weight excluding hydrogens is 748 g/mol. The number of carbonyl (C=O) groups excluding carboxylic acids is 4. The number of fused-ring (bicyclic) bond motifs is 1. The molecule has 0 aliphatic rings. The first kappa shape index (κ1) is 46.5. The summed E-state index contributed by atoms with van der Waals surface area (Å²) in [5, 5.41) is 19.9. The number of unbranched alkanes of at least 4 members (excludes halogenated alkanes) is 1. The van der Waals surface area contributed by atoms with Crippen molar-refractivity contribution in [3.8, 4) is 0 Å². The highest BCUT2D eigenvalue weighted by atomic mass is 16.6. The van der Waals surface area contributed by atoms with Gasteiger partial charge in [-0.3, -0.25) is 29.3 Å². The van der Waals surface area contributed by atoms with E-state index in [0.717, 1.165) is 24.4 Å². The second kappa shape index (κ2) is 28.5. The van der Waals surface area contributed by atoms with Crippen LogP contribution in [-0.4, -0.2) is 132 Å². The van der Waals surface area contributed by atoms with Crippen molar-refractivity contribution < 1.29 is 56.9 Å². The first-order valence-electron chi connectivity index (χ1n) is 19.1. The summed E-state index contributed by atoms with van der Waals surface area (Å²) in [4.78, 5) is 61.3. The average Bonchev–Trinajstić information content (AvgIpc) is 3.86. The predicted molar refractivity (Wildman–Crippen MR) is 206 cm³/mol. The van der Waals surface area contributed by atoms with E-state index in [0.29, 0.717) is 91.9 Å². The van der Waals surface area contributed by atoms with E-state index in [9.17, 15) is 29.3 Å². The molecule has 2 heterocycles. The van der Waals surface area contributed by atoms with Gasteiger partial charge in [-0.15, -0.1) is 0 Å². The Balaban J connectivity index is 1.01. The van der Waals surface area contributed by atoms with Crippen molar-refractivity contribution in [2.45, 2.75) is 51.0 Å². The normalized spacial score (nSPS) is 11.7. The Bertz CT molecular complexity index is 1630. The molecule has 0 saturated heterocycles. The number of para-hydroxylation sites is 1. The zero-order valence-corrected chi connectivity index (χ0v) is 32.3. The maximum atomic E-state index is 12.2. The van der Waals surface area contributed by atoms with Gasteiger partial charge in [-0.1, -0.05) is 18.2 Å². The van der Waals surface area contributed by atoms with Crippen LogP contribution in [0, 0.1) is 10.1 Å². The Morgan fingerprint density at radius 1 is 0.719 bits per heavy atom. The van der Waals surface area contributed by atoms with Gasteiger partial charge in [0, 0.05) is 43.0 Å². The lowest BCUT2D eigenvalue weighted by molar-refractivity contribution is -0.402. The molecule has 0 unspecified atom stereocenters. The van der Waals surface area contributed by atoms with Crippen LogP contribution >= 0.6 is 0 Å². The van der Waals surface area contributed by atoms with Crippen molar-refractivity contribution in [3.05, 3.63) is 64.0 Å². The molecule has 0 aliphatic heterocycles. The second-order valence-electron chi connectivity index (χ2n) is 12.7. The molecule has 1 aromatic carbocycles. The van der Waals surface area contributed by atoms with Crippen LogP contribution in [0.3, 0.4) is 0 Å². The van der Waals surface area contributed by atoms with Gasteiger partial charge in [-0.25, -0.2) is 0 Å². The van der Waals surface area contributed by atoms with Gasteiger partial charge in [0.25, 0.3) is 5.91 Å². The van der Waals surface area contributed by atoms with Crippen LogP contribution in [0.25, 0.3) is 10.9 Å². The number of aromatic nitrogens is 1. The lowest BCUT2D eigenvalue weighted by atomic mass is 10.1. The number of rotatable bonds is 34. The molecule has 0 fully saturated rings. The van der Waals surface area contributed by atoms with Gasteiger partial charge >= 0.3 is 5.88 Å². The number of nitrogens with zero attached hydrogens (tertiary/aromatic N) is 1. The first-order chi connectivity index (χ1) is 27.7. The summed E-state index contributed by atoms with van der Waals surface area (Å²) in [6, 6.07) is 9.58. The summed E-state index contributed by atoms with van der Waals surface area (Å²) in [5.41, 5.74) is 7.75. The number of primary amides is 1. The van der Waals surface area contributed by atoms with Crippen LogP contribution in [0.15, 0.2) is 47.0 Å². The molecule has 3 aromatic rings. The highest BCUT2D eigenvalue weighted by Crippen LogP contribution is 2.19. The molecule has 2 aromatic heterocycles. The fourth-order valence-corrected chi connectivity index (χ4v) is 5.36. The molecule has 6 N–H and O–H groups in total. The molecule has 3 rings (SSSR count). The smallest absolute Gasteiger partial charge is 0.395 e. The number of benzene rings is 1. The van der Waals surface area contributed by atoms with Crippen molar-refractivity contribution >= 4 is 40.4 Å². The van der Waals surface area contributed by atoms with Crippen molar-refractivity contribution in [3.63, 3.8) is 0 Å². The molecule has 0 spiro atoms. The maximum Gasteiger partial charge on any atom is 0.433 e. The number of hydrogen-bond acceptors (Lipinski definition) is 13. The minimum Gasteiger partial charge on any atom is -0.395 e. The molecule has 0 saturated carbocycles. The van der Waals surface area contributed by atoms with Crippen LogP contribution in [0.5, 0.6) is 0 Å². The Morgan fingerprint density at radius 3 is 1.95 bits per heavy atom. The number of ether oxygens (including phenoxy) is 6. The third-order valence-electron chi connectivity index (χ3n) is 8.31. The summed E-state index contributed by atoms with van der Waals surface area (Å²) in [5.74, 6) is -2.34. The number of amides is 4. The van der Waals surface area contributed by atoms with Gasteiger partial charge in [0.2, 0.25) is 17.7 Å². The number of nitrogens with two attached hydrogens (primary N) is 1. The SMILES string of the molecule is NC(=O)[C@H](CCCCNC(=O)c1ccc([N+](=O)[O-])o1)NC(=O)CCOCCOCCOCCOCCOCCOCCNC(=O)CCCc1c[nH]c2ccccc12. The monoisotopic (exact) mass is 804 g/mol. The minimum atomic E-state index is -0.869. The molecule has 0 aliphatic carbocycles. The average molecular weight is 805 g/mol. The van der Waals surface area contributed by atoms with Gasteiger partial charge in [0.1, 0.15) is 11.0 Å². The molecule has 0 bridgehead atoms. The van der Waals surface area contributed by atoms with E-state index in [-0.39, 0.29) is 50.2 Å². The summed E-state index contributed by atoms with van der Waals surface area (Å²) in [6.07, 6.45) is 5.38. The van der Waals surface area contributed by atoms with E-state index in [1.807, 2.05) is 24.4 Å². The number of nitrogens with one attached hydrogen (secondary N) is 4. The molecule has 4 amide bonds. The Hall–Kier alpha value is -4.92. The highest BCUT2D eigenvalue weighted by molar-refractivity contribution is 5.91. The van der Waals surface area contributed by atoms with Crippen LogP contribution < -0.4 is 21.7 Å². The van der Waals surface area contributed by atoms with E-state index in [1.165, 1.54) is 17.0 Å². The summed E-state index contributed by atoms with van der Waals surface area (Å²) in [7, 11) is 0. The van der Waals surface area contributed by atoms with Gasteiger partial charge in [-0.2, -0.15) is 0 Å². The number of H-pyrrole nitrogens is 1. The fraction of sp³-hybridized carbons (Fsp3) is 0.579. The van der Waals surface area contributed by atoms with Crippen LogP contribution in [0.4, 0.5) is 5.88 Å². The largest absolute Gasteiger partial charge is 0.433 e. The van der Waals surface area contributed by atoms with Crippen LogP contribution in [-0.2, 0) is 49.2 Å². The van der Waals surface area contributed by atoms with Gasteiger partial charge < -0.3 is 59.5 Å². The molecule has 19 heteroatoms. The third-order valence-corrected chi connectivity index (χ3v) is 8.31. The number of hydrogen-bond donors (Lipinski definition) is 5. The molecular formula is C38H56N6O13. The minimum absolute atomic E-state index is 0.0198. The summed E-state index contributed by atoms with van der Waals surface area (Å²) >= 11 is 0. The van der Waals surface area contributed by atoms with Crippen molar-refractivity contribution in [1.82, 2.24) is 20.9 Å². The van der Waals surface area contributed by atoms with E-state index in [4.69, 9.17) is 38.6 Å². The zero-order valence-electron chi connectivity index (χ0n) is 32.3. The number of carbonyl (C=O) groups is 4. The third kappa shape index (κ3) is 20.2. The first-order valence-corrected chi connectivity index (χ1v) is 19.1. The standard InChI is InChI=1S/C38H56N6O13/c39-37(47)32(9-3-4-14-41-38(48)33-11-12-36(57-33)44(49)50)43-35(46)13-16-51-18-20-53-22-24-55-26-27-56-25-23-54-21-19-52-17-15-40-34(45)10-5-6-29-28-42-31-8-2-1-7-30(29)31/h1-2,7-8,11-12,28,32,42H,3-6,9-10,13-27H2,(H2,39,47)(H,40,45)(H,41,48)(H,43,46)/t32-/m0/s1. The van der Waals surface area contributed by atoms with E-state index >= 15 is 0 Å². The van der Waals surface area contributed by atoms with Crippen molar-refractivity contribution in [2.75, 3.05) is 92.4 Å². The highest BCUT2D eigenvalue weighted by Gasteiger charge is 2.19. The lowest BCUT2D eigenvalue weighted by Gasteiger charge is -2.15. The Kier molecular flexibility index (Phi) is 23.2. The summed E-state index contributed by atoms with van der Waals surface area (Å²) < 4.78 is 37.6. The van der Waals surface area contributed by atoms with Crippen LogP contribution in [0.1, 0.15) is 54.6 Å². The van der Waals surface area contributed by atoms with E-state index in [2.05, 4.69) is 27.0 Å². The van der Waals surface area contributed by atoms with Crippen LogP contribution in [0.2, 0.25) is 0 Å². The molecule has 19 nitrogen and oxygen atoms in total. The number of aromatic amines is 1. The topological polar surface area (TPSA) is 258 Å². The number of nitro groups is 1.